The van der Waals surface area contributed by atoms with Crippen molar-refractivity contribution in [3.05, 3.63) is 29.8 Å². The number of hydrogen-bond acceptors (Lipinski definition) is 3. The lowest BCUT2D eigenvalue weighted by Crippen LogP contribution is -2.33. The quantitative estimate of drug-likeness (QED) is 0.564. The molecular formula is C16H26S3Si. The summed E-state index contributed by atoms with van der Waals surface area (Å²) in [5, 5.41) is 0.428. The number of hydrogen-bond donors (Lipinski definition) is 0. The standard InChI is InChI=1S/C16H26S3Si/c1-16(2,3)20(4,5)19-14-10-7-6-9-13(14)15-17-11-8-12-18-15/h6-7,9-10,15H,8,11-12H2,1-5H3. The molecule has 1 saturated heterocycles. The smallest absolute Gasteiger partial charge is 0.122 e. The first-order valence-corrected chi connectivity index (χ1v) is 14.0. The van der Waals surface area contributed by atoms with Crippen LogP contribution in [0.2, 0.25) is 18.1 Å². The summed E-state index contributed by atoms with van der Waals surface area (Å²) in [6.45, 7) is 12.2. The molecule has 0 saturated carbocycles. The van der Waals surface area contributed by atoms with Crippen molar-refractivity contribution in [1.29, 1.82) is 0 Å². The van der Waals surface area contributed by atoms with E-state index in [1.807, 2.05) is 0 Å². The van der Waals surface area contributed by atoms with E-state index < -0.39 is 7.22 Å². The van der Waals surface area contributed by atoms with Crippen LogP contribution < -0.4 is 0 Å². The summed E-state index contributed by atoms with van der Waals surface area (Å²) in [6, 6.07) is 9.11. The highest BCUT2D eigenvalue weighted by atomic mass is 32.4. The normalized spacial score (nSPS) is 18.2. The maximum Gasteiger partial charge on any atom is 0.122 e. The highest BCUT2D eigenvalue weighted by Crippen LogP contribution is 2.51. The molecule has 0 amide bonds. The molecule has 0 spiro atoms. The van der Waals surface area contributed by atoms with Gasteiger partial charge in [-0.25, -0.2) is 0 Å². The third-order valence-corrected chi connectivity index (χ3v) is 15.9. The van der Waals surface area contributed by atoms with Crippen LogP contribution >= 0.6 is 34.7 Å². The molecule has 0 radical (unpaired) electrons. The molecule has 1 fully saturated rings. The maximum atomic E-state index is 2.51. The Labute approximate surface area is 137 Å². The Morgan fingerprint density at radius 2 is 1.70 bits per heavy atom. The molecule has 0 aliphatic carbocycles. The summed E-state index contributed by atoms with van der Waals surface area (Å²) in [6.07, 6.45) is 1.36. The Kier molecular flexibility index (Phi) is 5.66. The summed E-state index contributed by atoms with van der Waals surface area (Å²) in [4.78, 5) is 1.53. The van der Waals surface area contributed by atoms with Crippen molar-refractivity contribution in [3.63, 3.8) is 0 Å². The predicted octanol–water partition coefficient (Wildman–Crippen LogP) is 6.65. The summed E-state index contributed by atoms with van der Waals surface area (Å²) >= 11 is 6.44. The maximum absolute atomic E-state index is 2.51. The Bertz CT molecular complexity index is 445. The van der Waals surface area contributed by atoms with Crippen LogP contribution in [0.15, 0.2) is 29.2 Å². The topological polar surface area (TPSA) is 0 Å². The van der Waals surface area contributed by atoms with Crippen molar-refractivity contribution >= 4 is 42.0 Å². The highest BCUT2D eigenvalue weighted by molar-refractivity contribution is 8.29. The molecule has 2 rings (SSSR count). The van der Waals surface area contributed by atoms with Crippen LogP contribution in [0.4, 0.5) is 0 Å². The van der Waals surface area contributed by atoms with E-state index in [-0.39, 0.29) is 0 Å². The minimum atomic E-state index is -1.34. The minimum Gasteiger partial charge on any atom is -0.151 e. The lowest BCUT2D eigenvalue weighted by molar-refractivity contribution is 0.736. The van der Waals surface area contributed by atoms with E-state index in [2.05, 4.69) is 92.9 Å². The lowest BCUT2D eigenvalue weighted by atomic mass is 10.2. The fourth-order valence-corrected chi connectivity index (χ4v) is 9.41. The third-order valence-electron chi connectivity index (χ3n) is 4.17. The molecule has 0 bridgehead atoms. The molecule has 112 valence electrons. The van der Waals surface area contributed by atoms with Gasteiger partial charge in [-0.15, -0.1) is 23.5 Å². The van der Waals surface area contributed by atoms with Crippen LogP contribution in [-0.4, -0.2) is 18.7 Å². The Morgan fingerprint density at radius 3 is 2.30 bits per heavy atom. The Morgan fingerprint density at radius 1 is 1.10 bits per heavy atom. The van der Waals surface area contributed by atoms with Gasteiger partial charge in [-0.3, -0.25) is 0 Å². The largest absolute Gasteiger partial charge is 0.151 e. The van der Waals surface area contributed by atoms with Gasteiger partial charge in [-0.2, -0.15) is 11.2 Å². The second kappa shape index (κ2) is 6.72. The van der Waals surface area contributed by atoms with Crippen molar-refractivity contribution in [2.45, 2.75) is 54.8 Å². The van der Waals surface area contributed by atoms with Gasteiger partial charge in [0, 0.05) is 4.90 Å². The van der Waals surface area contributed by atoms with E-state index >= 15 is 0 Å². The van der Waals surface area contributed by atoms with Crippen LogP contribution in [0.1, 0.15) is 37.3 Å². The average molecular weight is 343 g/mol. The fraction of sp³-hybridized carbons (Fsp3) is 0.625. The van der Waals surface area contributed by atoms with Crippen molar-refractivity contribution < 1.29 is 0 Å². The molecule has 20 heavy (non-hydrogen) atoms. The zero-order valence-corrected chi connectivity index (χ0v) is 16.7. The molecular weight excluding hydrogens is 316 g/mol. The zero-order chi connectivity index (χ0) is 14.8. The van der Waals surface area contributed by atoms with Gasteiger partial charge in [-0.1, -0.05) is 52.1 Å². The van der Waals surface area contributed by atoms with Gasteiger partial charge in [0.1, 0.15) is 7.22 Å². The van der Waals surface area contributed by atoms with Gasteiger partial charge in [0.25, 0.3) is 0 Å². The first-order chi connectivity index (χ1) is 9.31. The van der Waals surface area contributed by atoms with Crippen LogP contribution in [0.5, 0.6) is 0 Å². The number of benzene rings is 1. The summed E-state index contributed by atoms with van der Waals surface area (Å²) in [5.74, 6) is 2.63. The predicted molar refractivity (Wildman–Crippen MR) is 102 cm³/mol. The summed E-state index contributed by atoms with van der Waals surface area (Å²) in [5.41, 5.74) is 1.57. The molecule has 1 heterocycles. The SMILES string of the molecule is CC(C)(C)[Si](C)(C)Sc1ccccc1C1SCCCS1. The molecule has 0 N–H and O–H groups in total. The molecule has 1 aromatic carbocycles. The van der Waals surface area contributed by atoms with Gasteiger partial charge >= 0.3 is 0 Å². The summed E-state index contributed by atoms with van der Waals surface area (Å²) in [7, 11) is -1.34. The minimum absolute atomic E-state index is 0.428. The highest BCUT2D eigenvalue weighted by Gasteiger charge is 2.37. The van der Waals surface area contributed by atoms with Gasteiger partial charge in [0.05, 0.1) is 4.58 Å². The first kappa shape index (κ1) is 16.9. The van der Waals surface area contributed by atoms with Crippen LogP contribution in [0.25, 0.3) is 0 Å². The van der Waals surface area contributed by atoms with Crippen molar-refractivity contribution in [2.75, 3.05) is 11.5 Å². The van der Waals surface area contributed by atoms with E-state index in [4.69, 9.17) is 0 Å². The Balaban J connectivity index is 2.24. The van der Waals surface area contributed by atoms with E-state index in [9.17, 15) is 0 Å². The molecule has 1 aromatic rings. The average Bonchev–Trinajstić information content (AvgIpc) is 2.38. The van der Waals surface area contributed by atoms with Gasteiger partial charge in [0.2, 0.25) is 0 Å². The van der Waals surface area contributed by atoms with E-state index in [1.54, 1.807) is 5.56 Å². The molecule has 0 aromatic heterocycles. The molecule has 1 aliphatic rings. The fourth-order valence-electron chi connectivity index (χ4n) is 1.86. The van der Waals surface area contributed by atoms with Crippen molar-refractivity contribution in [2.24, 2.45) is 0 Å². The van der Waals surface area contributed by atoms with Gasteiger partial charge in [-0.05, 0) is 34.6 Å². The van der Waals surface area contributed by atoms with Crippen LogP contribution in [0.3, 0.4) is 0 Å². The third kappa shape index (κ3) is 4.02. The monoisotopic (exact) mass is 342 g/mol. The number of thioether (sulfide) groups is 2. The molecule has 4 heteroatoms. The van der Waals surface area contributed by atoms with Crippen molar-refractivity contribution in [1.82, 2.24) is 0 Å². The molecule has 0 nitrogen and oxygen atoms in total. The lowest BCUT2D eigenvalue weighted by Gasteiger charge is -2.37. The van der Waals surface area contributed by atoms with E-state index in [0.717, 1.165) is 0 Å². The number of rotatable bonds is 3. The van der Waals surface area contributed by atoms with Gasteiger partial charge in [0.15, 0.2) is 0 Å². The van der Waals surface area contributed by atoms with Crippen LogP contribution in [-0.2, 0) is 0 Å². The van der Waals surface area contributed by atoms with Crippen molar-refractivity contribution in [3.8, 4) is 0 Å². The molecule has 1 aliphatic heterocycles. The summed E-state index contributed by atoms with van der Waals surface area (Å²) < 4.78 is 0.650. The first-order valence-electron chi connectivity index (χ1n) is 7.32. The van der Waals surface area contributed by atoms with Gasteiger partial charge < -0.3 is 0 Å². The second-order valence-corrected chi connectivity index (χ2v) is 18.4. The van der Waals surface area contributed by atoms with E-state index in [0.29, 0.717) is 9.62 Å². The second-order valence-electron chi connectivity index (χ2n) is 6.83. The Hall–Kier alpha value is 0.487. The zero-order valence-electron chi connectivity index (χ0n) is 13.2. The molecule has 0 unspecified atom stereocenters. The van der Waals surface area contributed by atoms with E-state index in [1.165, 1.54) is 22.8 Å². The van der Waals surface area contributed by atoms with Crippen LogP contribution in [0, 0.1) is 0 Å². The molecule has 0 atom stereocenters.